The number of halogens is 2. The van der Waals surface area contributed by atoms with Crippen molar-refractivity contribution in [2.24, 2.45) is 0 Å². The van der Waals surface area contributed by atoms with Gasteiger partial charge in [0.15, 0.2) is 5.65 Å². The molecule has 3 aromatic rings. The second-order valence-corrected chi connectivity index (χ2v) is 5.32. The zero-order valence-corrected chi connectivity index (χ0v) is 12.7. The van der Waals surface area contributed by atoms with Crippen molar-refractivity contribution in [3.05, 3.63) is 33.9 Å². The number of aromatic nitrogens is 4. The van der Waals surface area contributed by atoms with E-state index >= 15 is 0 Å². The summed E-state index contributed by atoms with van der Waals surface area (Å²) in [6, 6.07) is 5.50. The Balaban J connectivity index is 2.07. The number of fused-ring (bicyclic) bond motifs is 1. The first-order valence-electron chi connectivity index (χ1n) is 5.78. The van der Waals surface area contributed by atoms with Crippen molar-refractivity contribution in [2.75, 3.05) is 17.7 Å². The minimum atomic E-state index is 0.509. The molecule has 1 aromatic carbocycles. The van der Waals surface area contributed by atoms with Crippen LogP contribution < -0.4 is 10.6 Å². The predicted molar refractivity (Wildman–Crippen MR) is 83.7 cm³/mol. The number of H-pyrrole nitrogens is 1. The highest BCUT2D eigenvalue weighted by molar-refractivity contribution is 9.10. The molecule has 0 aliphatic carbocycles. The largest absolute Gasteiger partial charge is 0.357 e. The van der Waals surface area contributed by atoms with Gasteiger partial charge in [-0.05, 0) is 34.1 Å². The van der Waals surface area contributed by atoms with Gasteiger partial charge in [0.25, 0.3) is 0 Å². The molecule has 0 fully saturated rings. The predicted octanol–water partition coefficient (Wildman–Crippen LogP) is 3.55. The second-order valence-electron chi connectivity index (χ2n) is 4.03. The highest BCUT2D eigenvalue weighted by Crippen LogP contribution is 2.30. The molecule has 0 saturated carbocycles. The zero-order chi connectivity index (χ0) is 14.1. The summed E-state index contributed by atoms with van der Waals surface area (Å²) in [5.41, 5.74) is 1.52. The van der Waals surface area contributed by atoms with Crippen molar-refractivity contribution < 1.29 is 0 Å². The highest BCUT2D eigenvalue weighted by Gasteiger charge is 2.10. The molecule has 0 radical (unpaired) electrons. The molecule has 0 atom stereocenters. The van der Waals surface area contributed by atoms with E-state index in [-0.39, 0.29) is 0 Å². The third-order valence-corrected chi connectivity index (χ3v) is 3.61. The van der Waals surface area contributed by atoms with E-state index < -0.39 is 0 Å². The van der Waals surface area contributed by atoms with Gasteiger partial charge in [0, 0.05) is 16.5 Å². The van der Waals surface area contributed by atoms with Gasteiger partial charge in [-0.3, -0.25) is 5.10 Å². The summed E-state index contributed by atoms with van der Waals surface area (Å²) in [5.74, 6) is 1.17. The molecular weight excluding hydrogens is 344 g/mol. The van der Waals surface area contributed by atoms with Crippen molar-refractivity contribution in [1.82, 2.24) is 20.2 Å². The van der Waals surface area contributed by atoms with Crippen LogP contribution in [0.5, 0.6) is 0 Å². The van der Waals surface area contributed by atoms with Crippen LogP contribution in [0.1, 0.15) is 0 Å². The van der Waals surface area contributed by atoms with E-state index in [2.05, 4.69) is 46.7 Å². The van der Waals surface area contributed by atoms with Crippen LogP contribution in [-0.4, -0.2) is 27.2 Å². The van der Waals surface area contributed by atoms with Gasteiger partial charge in [-0.15, -0.1) is 0 Å². The Hall–Kier alpha value is -1.86. The van der Waals surface area contributed by atoms with Crippen LogP contribution in [0.25, 0.3) is 11.0 Å². The van der Waals surface area contributed by atoms with Crippen molar-refractivity contribution in [3.63, 3.8) is 0 Å². The Kier molecular flexibility index (Phi) is 3.45. The molecule has 0 spiro atoms. The first kappa shape index (κ1) is 13.1. The molecule has 3 N–H and O–H groups in total. The lowest BCUT2D eigenvalue weighted by Crippen LogP contribution is -2.01. The van der Waals surface area contributed by atoms with Crippen molar-refractivity contribution in [1.29, 1.82) is 0 Å². The Morgan fingerprint density at radius 1 is 1.30 bits per heavy atom. The van der Waals surface area contributed by atoms with Crippen LogP contribution in [0.2, 0.25) is 5.02 Å². The lowest BCUT2D eigenvalue weighted by Gasteiger charge is -2.10. The van der Waals surface area contributed by atoms with Gasteiger partial charge in [-0.2, -0.15) is 15.1 Å². The van der Waals surface area contributed by atoms with E-state index in [1.807, 2.05) is 12.1 Å². The van der Waals surface area contributed by atoms with E-state index in [1.54, 1.807) is 19.3 Å². The van der Waals surface area contributed by atoms with E-state index in [0.29, 0.717) is 22.4 Å². The summed E-state index contributed by atoms with van der Waals surface area (Å²) in [7, 11) is 1.76. The monoisotopic (exact) mass is 352 g/mol. The fraction of sp³-hybridized carbons (Fsp3) is 0.0833. The number of rotatable bonds is 3. The second kappa shape index (κ2) is 5.26. The Labute approximate surface area is 128 Å². The fourth-order valence-corrected chi connectivity index (χ4v) is 2.54. The standard InChI is InChI=1S/C12H10BrClN6/c1-15-12-18-10(7-5-16-20-11(7)19-12)17-9-3-2-6(14)4-8(9)13/h2-5H,1H3,(H3,15,16,17,18,19,20). The summed E-state index contributed by atoms with van der Waals surface area (Å²) in [6.45, 7) is 0. The number of benzene rings is 1. The first-order chi connectivity index (χ1) is 9.67. The molecule has 8 heteroatoms. The van der Waals surface area contributed by atoms with Gasteiger partial charge in [-0.1, -0.05) is 11.6 Å². The van der Waals surface area contributed by atoms with E-state index in [9.17, 15) is 0 Å². The maximum Gasteiger partial charge on any atom is 0.226 e. The lowest BCUT2D eigenvalue weighted by atomic mass is 10.3. The lowest BCUT2D eigenvalue weighted by molar-refractivity contribution is 1.09. The zero-order valence-electron chi connectivity index (χ0n) is 10.4. The van der Waals surface area contributed by atoms with Crippen molar-refractivity contribution in [2.45, 2.75) is 0 Å². The summed E-state index contributed by atoms with van der Waals surface area (Å²) in [6.07, 6.45) is 1.68. The molecular formula is C12H10BrClN6. The molecule has 6 nitrogen and oxygen atoms in total. The summed E-state index contributed by atoms with van der Waals surface area (Å²) in [4.78, 5) is 8.68. The quantitative estimate of drug-likeness (QED) is 0.671. The van der Waals surface area contributed by atoms with E-state index in [0.717, 1.165) is 15.5 Å². The molecule has 2 heterocycles. The van der Waals surface area contributed by atoms with Gasteiger partial charge in [0.2, 0.25) is 5.95 Å². The van der Waals surface area contributed by atoms with Crippen LogP contribution in [0.3, 0.4) is 0 Å². The molecule has 0 saturated heterocycles. The van der Waals surface area contributed by atoms with Crippen LogP contribution in [0.15, 0.2) is 28.9 Å². The van der Waals surface area contributed by atoms with Crippen LogP contribution in [0.4, 0.5) is 17.5 Å². The Bertz CT molecular complexity index is 772. The summed E-state index contributed by atoms with van der Waals surface area (Å²) >= 11 is 9.40. The molecule has 0 amide bonds. The third-order valence-electron chi connectivity index (χ3n) is 2.72. The van der Waals surface area contributed by atoms with Gasteiger partial charge < -0.3 is 10.6 Å². The third kappa shape index (κ3) is 2.41. The SMILES string of the molecule is CNc1nc(Nc2ccc(Cl)cc2Br)c2cn[nH]c2n1. The minimum Gasteiger partial charge on any atom is -0.357 e. The van der Waals surface area contributed by atoms with Gasteiger partial charge in [0.1, 0.15) is 5.82 Å². The van der Waals surface area contributed by atoms with Gasteiger partial charge in [0.05, 0.1) is 17.3 Å². The smallest absolute Gasteiger partial charge is 0.226 e. The molecule has 0 aliphatic rings. The normalized spacial score (nSPS) is 10.8. The number of hydrogen-bond acceptors (Lipinski definition) is 5. The topological polar surface area (TPSA) is 78.5 Å². The fourth-order valence-electron chi connectivity index (χ4n) is 1.76. The molecule has 0 bridgehead atoms. The van der Waals surface area contributed by atoms with Crippen LogP contribution in [-0.2, 0) is 0 Å². The Morgan fingerprint density at radius 3 is 2.90 bits per heavy atom. The maximum atomic E-state index is 5.94. The number of hydrogen-bond donors (Lipinski definition) is 3. The summed E-state index contributed by atoms with van der Waals surface area (Å²) in [5, 5.41) is 14.5. The average Bonchev–Trinajstić information content (AvgIpc) is 2.90. The van der Waals surface area contributed by atoms with Gasteiger partial charge >= 0.3 is 0 Å². The Morgan fingerprint density at radius 2 is 2.15 bits per heavy atom. The number of anilines is 3. The first-order valence-corrected chi connectivity index (χ1v) is 6.95. The maximum absolute atomic E-state index is 5.94. The summed E-state index contributed by atoms with van der Waals surface area (Å²) < 4.78 is 0.853. The van der Waals surface area contributed by atoms with E-state index in [4.69, 9.17) is 11.6 Å². The van der Waals surface area contributed by atoms with Crippen molar-refractivity contribution >= 4 is 56.0 Å². The van der Waals surface area contributed by atoms with Crippen molar-refractivity contribution in [3.8, 4) is 0 Å². The molecule has 20 heavy (non-hydrogen) atoms. The highest BCUT2D eigenvalue weighted by atomic mass is 79.9. The molecule has 0 unspecified atom stereocenters. The minimum absolute atomic E-state index is 0.509. The number of nitrogens with zero attached hydrogens (tertiary/aromatic N) is 3. The molecule has 0 aliphatic heterocycles. The number of aromatic amines is 1. The van der Waals surface area contributed by atoms with E-state index in [1.165, 1.54) is 0 Å². The molecule has 102 valence electrons. The van der Waals surface area contributed by atoms with Crippen LogP contribution in [0, 0.1) is 0 Å². The average molecular weight is 354 g/mol. The molecule has 3 rings (SSSR count). The van der Waals surface area contributed by atoms with Gasteiger partial charge in [-0.25, -0.2) is 0 Å². The number of nitrogens with one attached hydrogen (secondary N) is 3. The van der Waals surface area contributed by atoms with Crippen LogP contribution >= 0.6 is 27.5 Å². The molecule has 2 aromatic heterocycles.